The van der Waals surface area contributed by atoms with E-state index in [9.17, 15) is 36.2 Å². The van der Waals surface area contributed by atoms with E-state index in [-0.39, 0.29) is 23.7 Å². The van der Waals surface area contributed by atoms with E-state index in [0.29, 0.717) is 25.7 Å². The van der Waals surface area contributed by atoms with Gasteiger partial charge in [-0.15, -0.1) is 0 Å². The number of aromatic hydroxyl groups is 1. The molecular weight excluding hydrogens is 502 g/mol. The summed E-state index contributed by atoms with van der Waals surface area (Å²) in [5.41, 5.74) is -0.687. The average molecular weight is 524 g/mol. The Hall–Kier alpha value is -3.69. The highest BCUT2D eigenvalue weighted by molar-refractivity contribution is 5.91. The van der Waals surface area contributed by atoms with Gasteiger partial charge in [0.25, 0.3) is 0 Å². The molecule has 0 heterocycles. The number of esters is 1. The molecule has 4 nitrogen and oxygen atoms in total. The Kier molecular flexibility index (Phi) is 7.65. The Morgan fingerprint density at radius 1 is 0.730 bits per heavy atom. The van der Waals surface area contributed by atoms with Crippen LogP contribution in [0.2, 0.25) is 0 Å². The Balaban J connectivity index is 1.47. The maximum atomic E-state index is 14.9. The molecule has 10 heteroatoms. The maximum absolute atomic E-state index is 14.9. The molecule has 1 N–H and O–H groups in total. The van der Waals surface area contributed by atoms with Crippen molar-refractivity contribution >= 4 is 5.97 Å². The second-order valence-electron chi connectivity index (χ2n) is 8.69. The number of rotatable bonds is 6. The van der Waals surface area contributed by atoms with Gasteiger partial charge in [0.2, 0.25) is 17.5 Å². The third kappa shape index (κ3) is 5.10. The van der Waals surface area contributed by atoms with E-state index in [1.54, 1.807) is 6.92 Å². The minimum Gasteiger partial charge on any atom is -0.505 e. The van der Waals surface area contributed by atoms with Crippen molar-refractivity contribution in [1.82, 2.24) is 0 Å². The summed E-state index contributed by atoms with van der Waals surface area (Å²) in [5, 5.41) is 9.30. The fraction of sp³-hybridized carbons (Fsp3) is 0.296. The van der Waals surface area contributed by atoms with Crippen LogP contribution in [0.5, 0.6) is 17.2 Å². The van der Waals surface area contributed by atoms with Crippen LogP contribution in [0.25, 0.3) is 0 Å². The van der Waals surface area contributed by atoms with Gasteiger partial charge in [-0.05, 0) is 79.8 Å². The lowest BCUT2D eigenvalue weighted by atomic mass is 9.76. The standard InChI is InChI=1S/C27H22F6O4/c1-2-36-19-11-9-17(23(30)25(19)32)27(35)37-20-12-8-16(22(29)26(20)33)14-5-3-13(4-6-14)15-7-10-18(34)24(31)21(15)28/h7-14,34H,2-6H2,1H3. The molecule has 1 aliphatic carbocycles. The summed E-state index contributed by atoms with van der Waals surface area (Å²) in [6.45, 7) is 1.62. The van der Waals surface area contributed by atoms with Gasteiger partial charge in [0, 0.05) is 0 Å². The Bertz CT molecular complexity index is 1340. The quantitative estimate of drug-likeness (QED) is 0.209. The van der Waals surface area contributed by atoms with Crippen molar-refractivity contribution in [2.45, 2.75) is 44.4 Å². The van der Waals surface area contributed by atoms with Gasteiger partial charge in [-0.1, -0.05) is 12.1 Å². The zero-order chi connectivity index (χ0) is 26.9. The second kappa shape index (κ2) is 10.7. The zero-order valence-electron chi connectivity index (χ0n) is 19.6. The summed E-state index contributed by atoms with van der Waals surface area (Å²) < 4.78 is 95.6. The summed E-state index contributed by atoms with van der Waals surface area (Å²) in [4.78, 5) is 12.3. The van der Waals surface area contributed by atoms with Crippen LogP contribution in [0.4, 0.5) is 26.3 Å². The van der Waals surface area contributed by atoms with E-state index >= 15 is 0 Å². The predicted octanol–water partition coefficient (Wildman–Crippen LogP) is 7.29. The molecule has 0 amide bonds. The Labute approximate surface area is 208 Å². The highest BCUT2D eigenvalue weighted by Gasteiger charge is 2.30. The van der Waals surface area contributed by atoms with Crippen molar-refractivity contribution in [1.29, 1.82) is 0 Å². The molecule has 196 valence electrons. The summed E-state index contributed by atoms with van der Waals surface area (Å²) in [6, 6.07) is 6.57. The first kappa shape index (κ1) is 26.4. The van der Waals surface area contributed by atoms with Gasteiger partial charge in [0.1, 0.15) is 0 Å². The number of hydrogen-bond donors (Lipinski definition) is 1. The molecule has 0 unspecified atom stereocenters. The van der Waals surface area contributed by atoms with Crippen molar-refractivity contribution < 1.29 is 45.7 Å². The molecule has 0 atom stereocenters. The van der Waals surface area contributed by atoms with E-state index in [2.05, 4.69) is 0 Å². The third-order valence-electron chi connectivity index (χ3n) is 6.54. The molecule has 0 aromatic heterocycles. The normalized spacial score (nSPS) is 17.5. The predicted molar refractivity (Wildman–Crippen MR) is 121 cm³/mol. The number of ether oxygens (including phenoxy) is 2. The van der Waals surface area contributed by atoms with Crippen LogP contribution >= 0.6 is 0 Å². The van der Waals surface area contributed by atoms with Gasteiger partial charge in [-0.25, -0.2) is 18.0 Å². The van der Waals surface area contributed by atoms with Crippen LogP contribution in [-0.4, -0.2) is 17.7 Å². The van der Waals surface area contributed by atoms with Crippen LogP contribution in [0.3, 0.4) is 0 Å². The molecular formula is C27H22F6O4. The van der Waals surface area contributed by atoms with E-state index in [4.69, 9.17) is 9.47 Å². The fourth-order valence-electron chi connectivity index (χ4n) is 4.64. The van der Waals surface area contributed by atoms with E-state index in [0.717, 1.165) is 24.3 Å². The smallest absolute Gasteiger partial charge is 0.346 e. The van der Waals surface area contributed by atoms with Gasteiger partial charge >= 0.3 is 5.97 Å². The molecule has 3 aromatic rings. The summed E-state index contributed by atoms with van der Waals surface area (Å²) in [5.74, 6) is -12.3. The first-order chi connectivity index (χ1) is 17.6. The fourth-order valence-corrected chi connectivity index (χ4v) is 4.64. The highest BCUT2D eigenvalue weighted by atomic mass is 19.2. The molecule has 1 fully saturated rings. The molecule has 0 spiro atoms. The molecule has 37 heavy (non-hydrogen) atoms. The number of halogens is 6. The maximum Gasteiger partial charge on any atom is 0.346 e. The summed E-state index contributed by atoms with van der Waals surface area (Å²) in [7, 11) is 0. The number of carbonyl (C=O) groups is 1. The molecule has 1 aliphatic rings. The van der Waals surface area contributed by atoms with Crippen LogP contribution in [0.1, 0.15) is 65.9 Å². The van der Waals surface area contributed by atoms with Gasteiger partial charge in [0.05, 0.1) is 12.2 Å². The van der Waals surface area contributed by atoms with Gasteiger partial charge in [0.15, 0.2) is 34.7 Å². The first-order valence-electron chi connectivity index (χ1n) is 11.6. The number of hydrogen-bond acceptors (Lipinski definition) is 4. The minimum absolute atomic E-state index is 0.0198. The van der Waals surface area contributed by atoms with Crippen LogP contribution in [0.15, 0.2) is 36.4 Å². The van der Waals surface area contributed by atoms with Crippen molar-refractivity contribution in [3.05, 3.63) is 88.0 Å². The number of phenols is 1. The van der Waals surface area contributed by atoms with Crippen molar-refractivity contribution in [2.75, 3.05) is 6.61 Å². The van der Waals surface area contributed by atoms with E-state index < -0.39 is 69.6 Å². The molecule has 4 rings (SSSR count). The summed E-state index contributed by atoms with van der Waals surface area (Å²) >= 11 is 0. The molecule has 0 saturated heterocycles. The Morgan fingerprint density at radius 2 is 1.24 bits per heavy atom. The number of carbonyl (C=O) groups excluding carboxylic acids is 1. The van der Waals surface area contributed by atoms with Crippen LogP contribution in [-0.2, 0) is 0 Å². The monoisotopic (exact) mass is 524 g/mol. The second-order valence-corrected chi connectivity index (χ2v) is 8.69. The Morgan fingerprint density at radius 3 is 1.84 bits per heavy atom. The van der Waals surface area contributed by atoms with Crippen molar-refractivity contribution in [2.24, 2.45) is 0 Å². The summed E-state index contributed by atoms with van der Waals surface area (Å²) in [6.07, 6.45) is 1.43. The lowest BCUT2D eigenvalue weighted by molar-refractivity contribution is 0.0720. The minimum atomic E-state index is -1.55. The lowest BCUT2D eigenvalue weighted by Crippen LogP contribution is -2.16. The third-order valence-corrected chi connectivity index (χ3v) is 6.54. The van der Waals surface area contributed by atoms with Crippen LogP contribution in [0, 0.1) is 34.9 Å². The zero-order valence-corrected chi connectivity index (χ0v) is 19.6. The van der Waals surface area contributed by atoms with Crippen molar-refractivity contribution in [3.8, 4) is 17.2 Å². The molecule has 1 saturated carbocycles. The molecule has 0 radical (unpaired) electrons. The average Bonchev–Trinajstić information content (AvgIpc) is 2.89. The number of phenolic OH excluding ortho intramolecular Hbond substituents is 1. The molecule has 0 bridgehead atoms. The number of benzene rings is 3. The van der Waals surface area contributed by atoms with Crippen LogP contribution < -0.4 is 9.47 Å². The topological polar surface area (TPSA) is 55.8 Å². The first-order valence-corrected chi connectivity index (χ1v) is 11.6. The van der Waals surface area contributed by atoms with E-state index in [1.807, 2.05) is 0 Å². The molecule has 3 aromatic carbocycles. The lowest BCUT2D eigenvalue weighted by Gasteiger charge is -2.29. The van der Waals surface area contributed by atoms with Gasteiger partial charge < -0.3 is 14.6 Å². The van der Waals surface area contributed by atoms with Gasteiger partial charge in [-0.3, -0.25) is 0 Å². The van der Waals surface area contributed by atoms with E-state index in [1.165, 1.54) is 12.1 Å². The van der Waals surface area contributed by atoms with Gasteiger partial charge in [-0.2, -0.15) is 13.2 Å². The molecule has 0 aliphatic heterocycles. The largest absolute Gasteiger partial charge is 0.505 e. The SMILES string of the molecule is CCOc1ccc(C(=O)Oc2ccc(C3CCC(c4ccc(O)c(F)c4F)CC3)c(F)c2F)c(F)c1F. The highest BCUT2D eigenvalue weighted by Crippen LogP contribution is 2.43. The van der Waals surface area contributed by atoms with Crippen molar-refractivity contribution in [3.63, 3.8) is 0 Å².